The summed E-state index contributed by atoms with van der Waals surface area (Å²) < 4.78 is 30.2. The van der Waals surface area contributed by atoms with Gasteiger partial charge >= 0.3 is 5.97 Å². The first-order chi connectivity index (χ1) is 8.36. The molecule has 0 aromatic heterocycles. The molecule has 0 aliphatic carbocycles. The second kappa shape index (κ2) is 5.66. The fraction of sp³-hybridized carbons (Fsp3) is 0.417. The van der Waals surface area contributed by atoms with Crippen LogP contribution in [0.15, 0.2) is 12.1 Å². The Morgan fingerprint density at radius 2 is 2.06 bits per heavy atom. The van der Waals surface area contributed by atoms with Gasteiger partial charge in [-0.15, -0.1) is 0 Å². The number of halogens is 2. The summed E-state index contributed by atoms with van der Waals surface area (Å²) in [5.41, 5.74) is -0.415. The number of benzene rings is 1. The zero-order valence-corrected chi connectivity index (χ0v) is 9.98. The van der Waals surface area contributed by atoms with Gasteiger partial charge in [-0.25, -0.2) is 8.78 Å². The molecule has 0 heterocycles. The molecule has 0 saturated carbocycles. The molecule has 0 aliphatic heterocycles. The highest BCUT2D eigenvalue weighted by molar-refractivity contribution is 5.70. The number of phenolic OH excluding ortho intramolecular Hbond substituents is 1. The number of hydrogen-bond donors (Lipinski definition) is 2. The first kappa shape index (κ1) is 14.2. The van der Waals surface area contributed by atoms with Crippen molar-refractivity contribution in [1.82, 2.24) is 0 Å². The summed E-state index contributed by atoms with van der Waals surface area (Å²) in [6.45, 7) is 1.43. The second-order valence-electron chi connectivity index (χ2n) is 3.97. The molecule has 0 amide bonds. The minimum Gasteiger partial charge on any atom is -0.507 e. The third-order valence-electron chi connectivity index (χ3n) is 2.61. The van der Waals surface area contributed by atoms with Gasteiger partial charge in [0.1, 0.15) is 11.5 Å². The van der Waals surface area contributed by atoms with Crippen LogP contribution in [0.5, 0.6) is 11.5 Å². The third kappa shape index (κ3) is 3.09. The highest BCUT2D eigenvalue weighted by Crippen LogP contribution is 2.36. The number of carboxylic acid groups (broad SMARTS) is 1. The smallest absolute Gasteiger partial charge is 0.306 e. The Morgan fingerprint density at radius 3 is 2.50 bits per heavy atom. The van der Waals surface area contributed by atoms with Crippen molar-refractivity contribution in [2.45, 2.75) is 19.8 Å². The monoisotopic (exact) mass is 260 g/mol. The van der Waals surface area contributed by atoms with Crippen LogP contribution in [0.2, 0.25) is 0 Å². The topological polar surface area (TPSA) is 66.8 Å². The van der Waals surface area contributed by atoms with Gasteiger partial charge in [-0.2, -0.15) is 0 Å². The number of hydrogen-bond acceptors (Lipinski definition) is 3. The van der Waals surface area contributed by atoms with Crippen LogP contribution in [-0.4, -0.2) is 23.3 Å². The van der Waals surface area contributed by atoms with Crippen molar-refractivity contribution < 1.29 is 28.5 Å². The van der Waals surface area contributed by atoms with E-state index in [1.165, 1.54) is 20.1 Å². The van der Waals surface area contributed by atoms with Crippen molar-refractivity contribution >= 4 is 5.97 Å². The number of alkyl halides is 2. The lowest BCUT2D eigenvalue weighted by Gasteiger charge is -2.13. The Balaban J connectivity index is 3.17. The van der Waals surface area contributed by atoms with Crippen LogP contribution in [0, 0.1) is 5.92 Å². The number of carbonyl (C=O) groups is 1. The maximum Gasteiger partial charge on any atom is 0.306 e. The average molecular weight is 260 g/mol. The molecular weight excluding hydrogens is 246 g/mol. The molecular formula is C12H14F2O4. The minimum absolute atomic E-state index is 0.0436. The van der Waals surface area contributed by atoms with E-state index in [9.17, 15) is 18.7 Å². The number of aliphatic carboxylic acids is 1. The molecule has 1 unspecified atom stereocenters. The number of rotatable bonds is 5. The number of aromatic hydroxyl groups is 1. The summed E-state index contributed by atoms with van der Waals surface area (Å²) in [7, 11) is 1.31. The van der Waals surface area contributed by atoms with E-state index < -0.39 is 29.6 Å². The molecule has 100 valence electrons. The Hall–Kier alpha value is -1.85. The molecule has 0 spiro atoms. The Morgan fingerprint density at radius 1 is 1.44 bits per heavy atom. The van der Waals surface area contributed by atoms with Crippen LogP contribution in [0.4, 0.5) is 8.78 Å². The van der Waals surface area contributed by atoms with Crippen LogP contribution >= 0.6 is 0 Å². The molecule has 6 heteroatoms. The van der Waals surface area contributed by atoms with Crippen LogP contribution in [0.25, 0.3) is 0 Å². The van der Waals surface area contributed by atoms with E-state index in [1.54, 1.807) is 0 Å². The van der Waals surface area contributed by atoms with Gasteiger partial charge in [0.2, 0.25) is 0 Å². The van der Waals surface area contributed by atoms with E-state index in [0.717, 1.165) is 6.07 Å². The third-order valence-corrected chi connectivity index (χ3v) is 2.61. The average Bonchev–Trinajstić information content (AvgIpc) is 2.30. The Kier molecular flexibility index (Phi) is 4.47. The largest absolute Gasteiger partial charge is 0.507 e. The first-order valence-electron chi connectivity index (χ1n) is 5.27. The lowest BCUT2D eigenvalue weighted by molar-refractivity contribution is -0.141. The normalized spacial score (nSPS) is 12.5. The molecule has 4 nitrogen and oxygen atoms in total. The molecule has 0 fully saturated rings. The van der Waals surface area contributed by atoms with E-state index in [2.05, 4.69) is 0 Å². The summed E-state index contributed by atoms with van der Waals surface area (Å²) in [5, 5.41) is 18.5. The molecule has 1 aromatic rings. The molecule has 1 rings (SSSR count). The van der Waals surface area contributed by atoms with E-state index in [0.29, 0.717) is 0 Å². The molecule has 18 heavy (non-hydrogen) atoms. The molecule has 0 bridgehead atoms. The van der Waals surface area contributed by atoms with Crippen molar-refractivity contribution in [2.75, 3.05) is 7.11 Å². The predicted molar refractivity (Wildman–Crippen MR) is 60.1 cm³/mol. The number of methoxy groups -OCH3 is 1. The zero-order valence-electron chi connectivity index (χ0n) is 9.98. The van der Waals surface area contributed by atoms with Gasteiger partial charge in [-0.1, -0.05) is 6.92 Å². The van der Waals surface area contributed by atoms with Crippen LogP contribution in [-0.2, 0) is 11.2 Å². The van der Waals surface area contributed by atoms with Crippen molar-refractivity contribution in [3.8, 4) is 11.5 Å². The first-order valence-corrected chi connectivity index (χ1v) is 5.27. The zero-order chi connectivity index (χ0) is 13.9. The van der Waals surface area contributed by atoms with Crippen molar-refractivity contribution in [1.29, 1.82) is 0 Å². The Bertz CT molecular complexity index is 446. The maximum absolute atomic E-state index is 12.7. The summed E-state index contributed by atoms with van der Waals surface area (Å²) in [6, 6.07) is 2.40. The molecule has 0 radical (unpaired) electrons. The lowest BCUT2D eigenvalue weighted by atomic mass is 9.98. The van der Waals surface area contributed by atoms with Gasteiger partial charge in [0, 0.05) is 0 Å². The Labute approximate surface area is 103 Å². The minimum atomic E-state index is -2.85. The quantitative estimate of drug-likeness (QED) is 0.854. The predicted octanol–water partition coefficient (Wildman–Crippen LogP) is 2.60. The highest BCUT2D eigenvalue weighted by atomic mass is 19.3. The molecule has 1 aromatic carbocycles. The van der Waals surface area contributed by atoms with Gasteiger partial charge in [-0.05, 0) is 24.1 Å². The molecule has 0 saturated heterocycles. The van der Waals surface area contributed by atoms with Crippen molar-refractivity contribution in [2.24, 2.45) is 5.92 Å². The van der Waals surface area contributed by atoms with Gasteiger partial charge in [-0.3, -0.25) is 4.79 Å². The van der Waals surface area contributed by atoms with E-state index in [4.69, 9.17) is 9.84 Å². The summed E-state index contributed by atoms with van der Waals surface area (Å²) in [5.74, 6) is -2.25. The maximum atomic E-state index is 12.7. The van der Waals surface area contributed by atoms with Crippen LogP contribution in [0.1, 0.15) is 24.5 Å². The van der Waals surface area contributed by atoms with E-state index in [-0.39, 0.29) is 17.7 Å². The lowest BCUT2D eigenvalue weighted by Crippen LogP contribution is -2.12. The fourth-order valence-electron chi connectivity index (χ4n) is 1.55. The second-order valence-corrected chi connectivity index (χ2v) is 3.97. The molecule has 2 N–H and O–H groups in total. The van der Waals surface area contributed by atoms with E-state index in [1.807, 2.05) is 0 Å². The van der Waals surface area contributed by atoms with Crippen molar-refractivity contribution in [3.05, 3.63) is 23.3 Å². The van der Waals surface area contributed by atoms with Crippen molar-refractivity contribution in [3.63, 3.8) is 0 Å². The molecule has 0 aliphatic rings. The van der Waals surface area contributed by atoms with E-state index >= 15 is 0 Å². The SMILES string of the molecule is COc1cc(CC(C)C(=O)O)c(O)c(C(F)F)c1. The summed E-state index contributed by atoms with van der Waals surface area (Å²) in [6.07, 6.45) is -2.89. The van der Waals surface area contributed by atoms with Gasteiger partial charge in [0.15, 0.2) is 0 Å². The van der Waals surface area contributed by atoms with Gasteiger partial charge in [0.25, 0.3) is 6.43 Å². The van der Waals surface area contributed by atoms with Crippen LogP contribution in [0.3, 0.4) is 0 Å². The number of ether oxygens (including phenoxy) is 1. The number of carboxylic acids is 1. The van der Waals surface area contributed by atoms with Gasteiger partial charge in [0.05, 0.1) is 18.6 Å². The fourth-order valence-corrected chi connectivity index (χ4v) is 1.55. The summed E-state index contributed by atoms with van der Waals surface area (Å²) >= 11 is 0. The summed E-state index contributed by atoms with van der Waals surface area (Å²) in [4.78, 5) is 10.7. The number of phenols is 1. The molecule has 1 atom stereocenters. The van der Waals surface area contributed by atoms with Gasteiger partial charge < -0.3 is 14.9 Å². The standard InChI is InChI=1S/C12H14F2O4/c1-6(12(16)17)3-7-4-8(18-2)5-9(10(7)15)11(13)14/h4-6,11,15H,3H2,1-2H3,(H,16,17). The highest BCUT2D eigenvalue weighted by Gasteiger charge is 2.21. The van der Waals surface area contributed by atoms with Crippen LogP contribution < -0.4 is 4.74 Å².